The summed E-state index contributed by atoms with van der Waals surface area (Å²) in [7, 11) is 0. The van der Waals surface area contributed by atoms with Crippen LogP contribution in [0.1, 0.15) is 22.4 Å². The number of aromatic amines is 2. The number of nitrogens with zero attached hydrogens (tertiary/aromatic N) is 1. The number of carbonyl (C=O) groups excluding carboxylic acids is 3. The third-order valence-electron chi connectivity index (χ3n) is 7.97. The first-order valence-electron chi connectivity index (χ1n) is 15.4. The van der Waals surface area contributed by atoms with Gasteiger partial charge in [-0.2, -0.15) is 0 Å². The molecule has 0 fully saturated rings. The molecular weight excluding hydrogens is 614 g/mol. The summed E-state index contributed by atoms with van der Waals surface area (Å²) in [4.78, 5) is 63.0. The van der Waals surface area contributed by atoms with Crippen molar-refractivity contribution in [3.63, 3.8) is 0 Å². The van der Waals surface area contributed by atoms with E-state index in [0.29, 0.717) is 11.3 Å². The van der Waals surface area contributed by atoms with Gasteiger partial charge in [-0.1, -0.05) is 60.7 Å². The standard InChI is InChI=1S/C35H37N7O6/c36-27(14-21-6-2-1-3-7-21)32(44)40-30(16-23-18-38-28-9-5-4-8-26(23)28)34(46)41-29(15-22-10-12-25(43)13-11-22)33(45)42-31(35(47)48)17-24-19-37-20-39-24/h1-13,18-20,27,29-31,38,43H,14-17,36H2,(H,37,39)(H,40,44)(H,41,46)(H,42,45)(H,47,48). The van der Waals surface area contributed by atoms with E-state index in [-0.39, 0.29) is 31.4 Å². The molecule has 13 nitrogen and oxygen atoms in total. The van der Waals surface area contributed by atoms with Gasteiger partial charge in [-0.3, -0.25) is 14.4 Å². The number of hydrogen-bond donors (Lipinski definition) is 8. The van der Waals surface area contributed by atoms with Crippen molar-refractivity contribution in [1.82, 2.24) is 30.9 Å². The fourth-order valence-corrected chi connectivity index (χ4v) is 5.41. The maximum absolute atomic E-state index is 14.0. The van der Waals surface area contributed by atoms with Crippen molar-refractivity contribution in [2.45, 2.75) is 49.9 Å². The number of amides is 3. The number of carbonyl (C=O) groups is 4. The molecule has 3 amide bonds. The van der Waals surface area contributed by atoms with Crippen LogP contribution in [0.5, 0.6) is 5.75 Å². The third-order valence-corrected chi connectivity index (χ3v) is 7.97. The SMILES string of the molecule is NC(Cc1ccccc1)C(=O)NC(Cc1c[nH]c2ccccc12)C(=O)NC(Cc1ccc(O)cc1)C(=O)NC(Cc1cnc[nH]1)C(=O)O. The molecule has 0 aliphatic carbocycles. The molecule has 0 spiro atoms. The number of fused-ring (bicyclic) bond motifs is 1. The molecule has 248 valence electrons. The summed E-state index contributed by atoms with van der Waals surface area (Å²) >= 11 is 0. The van der Waals surface area contributed by atoms with Crippen LogP contribution in [-0.4, -0.2) is 73.0 Å². The minimum Gasteiger partial charge on any atom is -0.508 e. The van der Waals surface area contributed by atoms with Crippen LogP contribution in [0.3, 0.4) is 0 Å². The van der Waals surface area contributed by atoms with Crippen LogP contribution in [0.4, 0.5) is 0 Å². The molecule has 9 N–H and O–H groups in total. The van der Waals surface area contributed by atoms with Crippen LogP contribution in [0, 0.1) is 0 Å². The van der Waals surface area contributed by atoms with Crippen LogP contribution in [0.25, 0.3) is 10.9 Å². The number of para-hydroxylation sites is 1. The zero-order valence-corrected chi connectivity index (χ0v) is 25.9. The second-order valence-electron chi connectivity index (χ2n) is 11.5. The second kappa shape index (κ2) is 15.6. The van der Waals surface area contributed by atoms with E-state index >= 15 is 0 Å². The summed E-state index contributed by atoms with van der Waals surface area (Å²) < 4.78 is 0. The quantitative estimate of drug-likeness (QED) is 0.0832. The summed E-state index contributed by atoms with van der Waals surface area (Å²) in [6.07, 6.45) is 4.83. The Morgan fingerprint density at radius 1 is 0.708 bits per heavy atom. The predicted octanol–water partition coefficient (Wildman–Crippen LogP) is 1.73. The number of phenols is 1. The Balaban J connectivity index is 1.39. The van der Waals surface area contributed by atoms with E-state index in [1.807, 2.05) is 54.6 Å². The number of imidazole rings is 1. The fraction of sp³-hybridized carbons (Fsp3) is 0.229. The number of aromatic hydroxyl groups is 1. The number of aliphatic carboxylic acids is 1. The first-order valence-corrected chi connectivity index (χ1v) is 15.4. The van der Waals surface area contributed by atoms with E-state index in [4.69, 9.17) is 5.73 Å². The molecule has 2 aromatic heterocycles. The Kier molecular flexibility index (Phi) is 10.8. The van der Waals surface area contributed by atoms with E-state index < -0.39 is 47.9 Å². The average molecular weight is 652 g/mol. The summed E-state index contributed by atoms with van der Waals surface area (Å²) in [5.41, 5.74) is 9.81. The van der Waals surface area contributed by atoms with Crippen molar-refractivity contribution in [2.75, 3.05) is 0 Å². The van der Waals surface area contributed by atoms with Gasteiger partial charge in [0.05, 0.1) is 12.4 Å². The molecule has 5 aromatic rings. The molecule has 13 heteroatoms. The highest BCUT2D eigenvalue weighted by Gasteiger charge is 2.31. The number of carboxylic acids is 1. The molecule has 4 unspecified atom stereocenters. The molecule has 4 atom stereocenters. The first-order chi connectivity index (χ1) is 23.2. The highest BCUT2D eigenvalue weighted by Crippen LogP contribution is 2.20. The van der Waals surface area contributed by atoms with E-state index in [1.54, 1.807) is 18.3 Å². The van der Waals surface area contributed by atoms with Crippen LogP contribution in [-0.2, 0) is 44.9 Å². The van der Waals surface area contributed by atoms with Crippen molar-refractivity contribution < 1.29 is 29.4 Å². The first kappa shape index (κ1) is 33.4. The minimum absolute atomic E-state index is 0.0163. The lowest BCUT2D eigenvalue weighted by Crippen LogP contribution is -2.58. The predicted molar refractivity (Wildman–Crippen MR) is 178 cm³/mol. The molecule has 0 aliphatic heterocycles. The van der Waals surface area contributed by atoms with Gasteiger partial charge >= 0.3 is 5.97 Å². The molecule has 0 saturated carbocycles. The monoisotopic (exact) mass is 651 g/mol. The summed E-state index contributed by atoms with van der Waals surface area (Å²) in [6, 6.07) is 18.2. The maximum Gasteiger partial charge on any atom is 0.326 e. The number of carboxylic acid groups (broad SMARTS) is 1. The van der Waals surface area contributed by atoms with Crippen LogP contribution in [0.2, 0.25) is 0 Å². The van der Waals surface area contributed by atoms with Crippen molar-refractivity contribution in [2.24, 2.45) is 5.73 Å². The number of nitrogens with two attached hydrogens (primary N) is 1. The largest absolute Gasteiger partial charge is 0.508 e. The lowest BCUT2D eigenvalue weighted by atomic mass is 10.0. The number of aromatic nitrogens is 3. The maximum atomic E-state index is 14.0. The van der Waals surface area contributed by atoms with E-state index in [1.165, 1.54) is 24.7 Å². The Labute approximate surface area is 276 Å². The second-order valence-corrected chi connectivity index (χ2v) is 11.5. The van der Waals surface area contributed by atoms with Crippen LogP contribution < -0.4 is 21.7 Å². The average Bonchev–Trinajstić information content (AvgIpc) is 3.75. The Morgan fingerprint density at radius 3 is 2.02 bits per heavy atom. The fourth-order valence-electron chi connectivity index (χ4n) is 5.41. The van der Waals surface area contributed by atoms with Crippen molar-refractivity contribution >= 4 is 34.6 Å². The van der Waals surface area contributed by atoms with E-state index in [9.17, 15) is 29.4 Å². The minimum atomic E-state index is -1.32. The number of benzene rings is 3. The van der Waals surface area contributed by atoms with Gasteiger partial charge in [0.25, 0.3) is 0 Å². The van der Waals surface area contributed by atoms with Crippen molar-refractivity contribution in [1.29, 1.82) is 0 Å². The van der Waals surface area contributed by atoms with Gasteiger partial charge in [0, 0.05) is 48.3 Å². The van der Waals surface area contributed by atoms with Gasteiger partial charge in [-0.05, 0) is 41.3 Å². The lowest BCUT2D eigenvalue weighted by molar-refractivity contribution is -0.142. The zero-order chi connectivity index (χ0) is 34.0. The lowest BCUT2D eigenvalue weighted by Gasteiger charge is -2.25. The third kappa shape index (κ3) is 8.85. The molecular formula is C35H37N7O6. The number of nitrogens with one attached hydrogen (secondary N) is 5. The van der Waals surface area contributed by atoms with Crippen molar-refractivity contribution in [3.8, 4) is 5.75 Å². The highest BCUT2D eigenvalue weighted by atomic mass is 16.4. The molecule has 0 aliphatic rings. The number of phenolic OH excluding ortho intramolecular Hbond substituents is 1. The Morgan fingerprint density at radius 2 is 1.33 bits per heavy atom. The molecule has 0 radical (unpaired) electrons. The molecule has 3 aromatic carbocycles. The number of H-pyrrole nitrogens is 2. The smallest absolute Gasteiger partial charge is 0.326 e. The summed E-state index contributed by atoms with van der Waals surface area (Å²) in [5, 5.41) is 28.5. The van der Waals surface area contributed by atoms with E-state index in [2.05, 4.69) is 30.9 Å². The highest BCUT2D eigenvalue weighted by molar-refractivity contribution is 5.95. The van der Waals surface area contributed by atoms with Crippen LogP contribution >= 0.6 is 0 Å². The summed E-state index contributed by atoms with van der Waals surface area (Å²) in [6.45, 7) is 0. The number of hydrogen-bond acceptors (Lipinski definition) is 7. The molecule has 0 saturated heterocycles. The van der Waals surface area contributed by atoms with Gasteiger partial charge in [0.2, 0.25) is 17.7 Å². The van der Waals surface area contributed by atoms with Gasteiger partial charge in [0.15, 0.2) is 0 Å². The van der Waals surface area contributed by atoms with Gasteiger partial charge in [-0.25, -0.2) is 9.78 Å². The molecule has 5 rings (SSSR count). The Bertz CT molecular complexity index is 1840. The normalized spacial score (nSPS) is 13.6. The number of rotatable bonds is 15. The van der Waals surface area contributed by atoms with Gasteiger partial charge < -0.3 is 41.9 Å². The zero-order valence-electron chi connectivity index (χ0n) is 25.9. The summed E-state index contributed by atoms with van der Waals surface area (Å²) in [5.74, 6) is -3.22. The van der Waals surface area contributed by atoms with E-state index in [0.717, 1.165) is 22.0 Å². The molecule has 2 heterocycles. The van der Waals surface area contributed by atoms with Gasteiger partial charge in [0.1, 0.15) is 23.9 Å². The Hall–Kier alpha value is -5.95. The van der Waals surface area contributed by atoms with Crippen molar-refractivity contribution in [3.05, 3.63) is 120 Å². The topological polar surface area (TPSA) is 215 Å². The van der Waals surface area contributed by atoms with Crippen LogP contribution in [0.15, 0.2) is 97.6 Å². The molecule has 0 bridgehead atoms. The molecule has 48 heavy (non-hydrogen) atoms. The van der Waals surface area contributed by atoms with Gasteiger partial charge in [-0.15, -0.1) is 0 Å².